The molecule has 0 saturated carbocycles. The maximum Gasteiger partial charge on any atom is 0.192 e. The molecule has 0 atom stereocenters. The second-order valence-corrected chi connectivity index (χ2v) is 3.95. The van der Waals surface area contributed by atoms with Crippen LogP contribution in [0.2, 0.25) is 0 Å². The lowest BCUT2D eigenvalue weighted by Crippen LogP contribution is -2.02. The van der Waals surface area contributed by atoms with Gasteiger partial charge in [-0.1, -0.05) is 17.8 Å². The number of nitrogen functional groups attached to an aromatic ring is 2. The molecule has 0 unspecified atom stereocenters. The van der Waals surface area contributed by atoms with E-state index in [9.17, 15) is 0 Å². The van der Waals surface area contributed by atoms with Gasteiger partial charge in [-0.25, -0.2) is 19.9 Å². The van der Waals surface area contributed by atoms with Gasteiger partial charge < -0.3 is 11.5 Å². The second-order valence-electron chi connectivity index (χ2n) is 2.96. The van der Waals surface area contributed by atoms with E-state index in [1.54, 1.807) is 6.08 Å². The number of hydrogen-bond acceptors (Lipinski definition) is 7. The molecule has 2 aromatic rings. The van der Waals surface area contributed by atoms with Crippen LogP contribution >= 0.6 is 11.8 Å². The van der Waals surface area contributed by atoms with E-state index in [-0.39, 0.29) is 0 Å². The number of fused-ring (bicyclic) bond motifs is 1. The van der Waals surface area contributed by atoms with Crippen LogP contribution in [-0.4, -0.2) is 25.7 Å². The van der Waals surface area contributed by atoms with Crippen LogP contribution in [0.15, 0.2) is 24.0 Å². The first-order valence-corrected chi connectivity index (χ1v) is 5.48. The minimum atomic E-state index is 0.309. The van der Waals surface area contributed by atoms with Crippen LogP contribution < -0.4 is 11.5 Å². The van der Waals surface area contributed by atoms with Gasteiger partial charge in [-0.05, 0) is 0 Å². The molecule has 2 rings (SSSR count). The van der Waals surface area contributed by atoms with Crippen molar-refractivity contribution in [2.24, 2.45) is 0 Å². The third kappa shape index (κ3) is 2.03. The van der Waals surface area contributed by atoms with E-state index in [1.807, 2.05) is 0 Å². The van der Waals surface area contributed by atoms with Crippen molar-refractivity contribution in [2.45, 2.75) is 5.16 Å². The molecule has 0 fully saturated rings. The lowest BCUT2D eigenvalue weighted by atomic mass is 10.5. The highest BCUT2D eigenvalue weighted by molar-refractivity contribution is 7.99. The van der Waals surface area contributed by atoms with Crippen LogP contribution in [0.25, 0.3) is 11.2 Å². The number of anilines is 2. The third-order valence-corrected chi connectivity index (χ3v) is 2.61. The van der Waals surface area contributed by atoms with Crippen LogP contribution in [0.1, 0.15) is 0 Å². The SMILES string of the molecule is C=CCSc1nc(N)c2ncc(N)nc2n1. The lowest BCUT2D eigenvalue weighted by Gasteiger charge is -2.02. The summed E-state index contributed by atoms with van der Waals surface area (Å²) < 4.78 is 0. The Morgan fingerprint density at radius 1 is 1.31 bits per heavy atom. The topological polar surface area (TPSA) is 104 Å². The maximum atomic E-state index is 5.75. The van der Waals surface area contributed by atoms with Crippen molar-refractivity contribution < 1.29 is 0 Å². The third-order valence-electron chi connectivity index (χ3n) is 1.76. The van der Waals surface area contributed by atoms with E-state index in [4.69, 9.17) is 11.5 Å². The molecule has 0 amide bonds. The second kappa shape index (κ2) is 4.31. The Bertz CT molecular complexity index is 541. The van der Waals surface area contributed by atoms with Gasteiger partial charge >= 0.3 is 0 Å². The van der Waals surface area contributed by atoms with Crippen LogP contribution in [0.5, 0.6) is 0 Å². The highest BCUT2D eigenvalue weighted by Gasteiger charge is 2.07. The Kier molecular flexibility index (Phi) is 2.86. The van der Waals surface area contributed by atoms with E-state index >= 15 is 0 Å². The fourth-order valence-corrected chi connectivity index (χ4v) is 1.70. The average Bonchev–Trinajstić information content (AvgIpc) is 2.25. The smallest absolute Gasteiger partial charge is 0.192 e. The molecule has 0 aliphatic carbocycles. The first kappa shape index (κ1) is 10.6. The normalized spacial score (nSPS) is 10.5. The molecule has 0 aliphatic rings. The van der Waals surface area contributed by atoms with Gasteiger partial charge in [-0.2, -0.15) is 0 Å². The zero-order chi connectivity index (χ0) is 11.5. The van der Waals surface area contributed by atoms with Crippen molar-refractivity contribution >= 4 is 34.6 Å². The predicted molar refractivity (Wildman–Crippen MR) is 64.9 cm³/mol. The molecule has 0 spiro atoms. The van der Waals surface area contributed by atoms with Gasteiger partial charge in [0.05, 0.1) is 6.20 Å². The first-order chi connectivity index (χ1) is 7.70. The highest BCUT2D eigenvalue weighted by atomic mass is 32.2. The predicted octanol–water partition coefficient (Wildman–Crippen LogP) is 0.862. The molecule has 2 aromatic heterocycles. The van der Waals surface area contributed by atoms with Gasteiger partial charge in [0.25, 0.3) is 0 Å². The van der Waals surface area contributed by atoms with Gasteiger partial charge in [0.2, 0.25) is 0 Å². The molecule has 0 aromatic carbocycles. The summed E-state index contributed by atoms with van der Waals surface area (Å²) in [4.78, 5) is 16.4. The Morgan fingerprint density at radius 3 is 2.88 bits per heavy atom. The lowest BCUT2D eigenvalue weighted by molar-refractivity contribution is 0.990. The zero-order valence-corrected chi connectivity index (χ0v) is 9.24. The first-order valence-electron chi connectivity index (χ1n) is 4.50. The monoisotopic (exact) mass is 234 g/mol. The summed E-state index contributed by atoms with van der Waals surface area (Å²) >= 11 is 1.43. The van der Waals surface area contributed by atoms with E-state index in [0.29, 0.717) is 33.7 Å². The molecular formula is C9H10N6S. The molecule has 16 heavy (non-hydrogen) atoms. The van der Waals surface area contributed by atoms with Crippen LogP contribution in [0.4, 0.5) is 11.6 Å². The summed E-state index contributed by atoms with van der Waals surface area (Å²) in [7, 11) is 0. The van der Waals surface area contributed by atoms with Crippen molar-refractivity contribution in [1.82, 2.24) is 19.9 Å². The van der Waals surface area contributed by atoms with Gasteiger partial charge in [0.1, 0.15) is 11.3 Å². The van der Waals surface area contributed by atoms with Gasteiger partial charge in [-0.3, -0.25) is 0 Å². The van der Waals surface area contributed by atoms with Crippen LogP contribution in [-0.2, 0) is 0 Å². The zero-order valence-electron chi connectivity index (χ0n) is 8.42. The van der Waals surface area contributed by atoms with E-state index in [2.05, 4.69) is 26.5 Å². The van der Waals surface area contributed by atoms with Crippen molar-refractivity contribution in [3.8, 4) is 0 Å². The van der Waals surface area contributed by atoms with E-state index < -0.39 is 0 Å². The summed E-state index contributed by atoms with van der Waals surface area (Å²) in [6.45, 7) is 3.62. The van der Waals surface area contributed by atoms with Crippen molar-refractivity contribution in [3.63, 3.8) is 0 Å². The van der Waals surface area contributed by atoms with Crippen molar-refractivity contribution in [3.05, 3.63) is 18.9 Å². The molecule has 2 heterocycles. The molecular weight excluding hydrogens is 224 g/mol. The Morgan fingerprint density at radius 2 is 2.12 bits per heavy atom. The fraction of sp³-hybridized carbons (Fsp3) is 0.111. The van der Waals surface area contributed by atoms with Gasteiger partial charge in [-0.15, -0.1) is 6.58 Å². The summed E-state index contributed by atoms with van der Waals surface area (Å²) in [5.41, 5.74) is 12.2. The number of rotatable bonds is 3. The summed E-state index contributed by atoms with van der Waals surface area (Å²) in [5.74, 6) is 1.33. The molecule has 0 bridgehead atoms. The standard InChI is InChI=1S/C9H10N6S/c1-2-3-16-9-14-7(11)6-8(15-9)13-5(10)4-12-6/h2,4H,1,3H2,(H4,10,11,13,14,15). The largest absolute Gasteiger partial charge is 0.382 e. The fourth-order valence-electron chi connectivity index (χ4n) is 1.12. The van der Waals surface area contributed by atoms with Crippen molar-refractivity contribution in [1.29, 1.82) is 0 Å². The Hall–Kier alpha value is -1.89. The summed E-state index contributed by atoms with van der Waals surface area (Å²) in [6.07, 6.45) is 3.19. The summed E-state index contributed by atoms with van der Waals surface area (Å²) in [6, 6.07) is 0. The molecule has 0 aliphatic heterocycles. The number of nitrogens with zero attached hydrogens (tertiary/aromatic N) is 4. The van der Waals surface area contributed by atoms with Gasteiger partial charge in [0.15, 0.2) is 16.6 Å². The maximum absolute atomic E-state index is 5.75. The molecule has 0 saturated heterocycles. The average molecular weight is 234 g/mol. The molecule has 7 heteroatoms. The van der Waals surface area contributed by atoms with E-state index in [0.717, 1.165) is 0 Å². The van der Waals surface area contributed by atoms with E-state index in [1.165, 1.54) is 18.0 Å². The molecule has 4 N–H and O–H groups in total. The van der Waals surface area contributed by atoms with Crippen molar-refractivity contribution in [2.75, 3.05) is 17.2 Å². The minimum absolute atomic E-state index is 0.309. The quantitative estimate of drug-likeness (QED) is 0.461. The number of aromatic nitrogens is 4. The molecule has 82 valence electrons. The van der Waals surface area contributed by atoms with Crippen LogP contribution in [0, 0.1) is 0 Å². The minimum Gasteiger partial charge on any atom is -0.382 e. The number of thioether (sulfide) groups is 1. The van der Waals surface area contributed by atoms with Crippen LogP contribution in [0.3, 0.4) is 0 Å². The summed E-state index contributed by atoms with van der Waals surface area (Å²) in [5, 5.41) is 0.546. The Balaban J connectivity index is 2.51. The highest BCUT2D eigenvalue weighted by Crippen LogP contribution is 2.20. The number of hydrogen-bond donors (Lipinski definition) is 2. The Labute approximate surface area is 96.2 Å². The molecule has 6 nitrogen and oxygen atoms in total. The number of nitrogens with two attached hydrogens (primary N) is 2. The van der Waals surface area contributed by atoms with Gasteiger partial charge in [0, 0.05) is 5.75 Å². The molecule has 0 radical (unpaired) electrons.